The number of thiazole rings is 1. The van der Waals surface area contributed by atoms with Crippen LogP contribution in [0.2, 0.25) is 5.02 Å². The Hall–Kier alpha value is -2.76. The molecular formula is C19H12ClN3OS. The van der Waals surface area contributed by atoms with Crippen molar-refractivity contribution in [2.45, 2.75) is 0 Å². The number of nitrogens with one attached hydrogen (secondary N) is 1. The van der Waals surface area contributed by atoms with Gasteiger partial charge in [0, 0.05) is 28.0 Å². The lowest BCUT2D eigenvalue weighted by Gasteiger charge is -2.06. The number of aromatic nitrogens is 2. The third-order valence-corrected chi connectivity index (χ3v) is 4.94. The van der Waals surface area contributed by atoms with Gasteiger partial charge in [-0.3, -0.25) is 4.79 Å². The minimum Gasteiger partial charge on any atom is -0.322 e. The summed E-state index contributed by atoms with van der Waals surface area (Å²) < 4.78 is 0. The van der Waals surface area contributed by atoms with Gasteiger partial charge in [-0.05, 0) is 60.7 Å². The molecule has 2 aromatic heterocycles. The second-order valence-corrected chi connectivity index (χ2v) is 6.80. The number of carbonyl (C=O) groups excluding carboxylic acids is 1. The summed E-state index contributed by atoms with van der Waals surface area (Å²) in [4.78, 5) is 22.0. The highest BCUT2D eigenvalue weighted by Gasteiger charge is 2.08. The molecular weight excluding hydrogens is 354 g/mol. The fraction of sp³-hybridized carbons (Fsp3) is 0. The number of pyridine rings is 1. The number of halogens is 1. The summed E-state index contributed by atoms with van der Waals surface area (Å²) in [5.74, 6) is -0.173. The molecule has 0 saturated carbocycles. The third-order valence-electron chi connectivity index (χ3n) is 3.66. The Labute approximate surface area is 153 Å². The van der Waals surface area contributed by atoms with E-state index in [1.807, 2.05) is 36.4 Å². The number of hydrogen-bond donors (Lipinski definition) is 1. The Morgan fingerprint density at radius 1 is 1.00 bits per heavy atom. The molecule has 4 aromatic rings. The molecule has 4 rings (SSSR count). The molecule has 122 valence electrons. The number of carbonyl (C=O) groups is 1. The number of fused-ring (bicyclic) bond motifs is 1. The molecule has 0 unspecified atom stereocenters. The molecule has 25 heavy (non-hydrogen) atoms. The van der Waals surface area contributed by atoms with Crippen molar-refractivity contribution in [3.05, 3.63) is 77.4 Å². The van der Waals surface area contributed by atoms with Crippen molar-refractivity contribution < 1.29 is 4.79 Å². The molecule has 0 radical (unpaired) electrons. The van der Waals surface area contributed by atoms with Crippen molar-refractivity contribution in [1.82, 2.24) is 9.97 Å². The molecule has 4 nitrogen and oxygen atoms in total. The van der Waals surface area contributed by atoms with E-state index in [9.17, 15) is 4.79 Å². The molecule has 0 saturated heterocycles. The van der Waals surface area contributed by atoms with Gasteiger partial charge in [-0.25, -0.2) is 9.97 Å². The van der Waals surface area contributed by atoms with Gasteiger partial charge in [-0.1, -0.05) is 22.9 Å². The number of hydrogen-bond acceptors (Lipinski definition) is 4. The highest BCUT2D eigenvalue weighted by Crippen LogP contribution is 2.29. The first-order valence-electron chi connectivity index (χ1n) is 7.58. The zero-order valence-electron chi connectivity index (χ0n) is 12.9. The molecule has 0 aliphatic rings. The van der Waals surface area contributed by atoms with E-state index >= 15 is 0 Å². The van der Waals surface area contributed by atoms with Crippen LogP contribution in [0.1, 0.15) is 10.4 Å². The van der Waals surface area contributed by atoms with Gasteiger partial charge in [0.15, 0.2) is 0 Å². The lowest BCUT2D eigenvalue weighted by molar-refractivity contribution is 0.102. The normalized spacial score (nSPS) is 10.8. The maximum absolute atomic E-state index is 12.2. The van der Waals surface area contributed by atoms with Crippen LogP contribution in [-0.4, -0.2) is 15.9 Å². The van der Waals surface area contributed by atoms with Crippen molar-refractivity contribution in [2.24, 2.45) is 0 Å². The van der Waals surface area contributed by atoms with Gasteiger partial charge < -0.3 is 5.32 Å². The van der Waals surface area contributed by atoms with E-state index < -0.39 is 0 Å². The first-order valence-corrected chi connectivity index (χ1v) is 8.77. The standard InChI is InChI=1S/C19H12ClN3OS/c20-14-7-3-12(4-8-14)17(24)22-15-9-5-13(6-10-15)18-23-16-2-1-11-21-19(16)25-18/h1-11H,(H,22,24). The SMILES string of the molecule is O=C(Nc1ccc(-c2nc3cccnc3s2)cc1)c1ccc(Cl)cc1. The highest BCUT2D eigenvalue weighted by molar-refractivity contribution is 7.21. The molecule has 6 heteroatoms. The Kier molecular flexibility index (Phi) is 4.17. The topological polar surface area (TPSA) is 54.9 Å². The second-order valence-electron chi connectivity index (χ2n) is 5.39. The van der Waals surface area contributed by atoms with E-state index in [1.165, 1.54) is 0 Å². The molecule has 2 aromatic carbocycles. The number of amides is 1. The average Bonchev–Trinajstić information content (AvgIpc) is 3.07. The molecule has 0 atom stereocenters. The van der Waals surface area contributed by atoms with Crippen LogP contribution >= 0.6 is 22.9 Å². The summed E-state index contributed by atoms with van der Waals surface area (Å²) in [6, 6.07) is 18.2. The minimum atomic E-state index is -0.173. The smallest absolute Gasteiger partial charge is 0.255 e. The van der Waals surface area contributed by atoms with Crippen molar-refractivity contribution in [1.29, 1.82) is 0 Å². The minimum absolute atomic E-state index is 0.173. The van der Waals surface area contributed by atoms with E-state index in [1.54, 1.807) is 41.8 Å². The van der Waals surface area contributed by atoms with Gasteiger partial charge >= 0.3 is 0 Å². The largest absolute Gasteiger partial charge is 0.322 e. The fourth-order valence-electron chi connectivity index (χ4n) is 2.39. The van der Waals surface area contributed by atoms with Crippen LogP contribution in [0.25, 0.3) is 20.9 Å². The van der Waals surface area contributed by atoms with E-state index in [4.69, 9.17) is 11.6 Å². The van der Waals surface area contributed by atoms with Gasteiger partial charge in [-0.15, -0.1) is 0 Å². The molecule has 0 aliphatic heterocycles. The Morgan fingerprint density at radius 2 is 1.76 bits per heavy atom. The number of rotatable bonds is 3. The van der Waals surface area contributed by atoms with Crippen LogP contribution in [0.5, 0.6) is 0 Å². The van der Waals surface area contributed by atoms with Crippen molar-refractivity contribution in [3.63, 3.8) is 0 Å². The van der Waals surface area contributed by atoms with Crippen molar-refractivity contribution >= 4 is 44.9 Å². The van der Waals surface area contributed by atoms with Gasteiger partial charge in [0.05, 0.1) is 0 Å². The first-order chi connectivity index (χ1) is 12.2. The molecule has 0 spiro atoms. The van der Waals surface area contributed by atoms with E-state index in [2.05, 4.69) is 15.3 Å². The number of nitrogens with zero attached hydrogens (tertiary/aromatic N) is 2. The van der Waals surface area contributed by atoms with Crippen LogP contribution in [0, 0.1) is 0 Å². The lowest BCUT2D eigenvalue weighted by Crippen LogP contribution is -2.11. The Morgan fingerprint density at radius 3 is 2.48 bits per heavy atom. The van der Waals surface area contributed by atoms with Crippen LogP contribution in [-0.2, 0) is 0 Å². The number of benzene rings is 2. The van der Waals surface area contributed by atoms with E-state index in [0.29, 0.717) is 10.6 Å². The highest BCUT2D eigenvalue weighted by atomic mass is 35.5. The summed E-state index contributed by atoms with van der Waals surface area (Å²) in [6.45, 7) is 0. The van der Waals surface area contributed by atoms with Crippen LogP contribution in [0.3, 0.4) is 0 Å². The molecule has 0 fully saturated rings. The molecule has 0 aliphatic carbocycles. The van der Waals surface area contributed by atoms with Crippen LogP contribution in [0.15, 0.2) is 66.9 Å². The summed E-state index contributed by atoms with van der Waals surface area (Å²) in [7, 11) is 0. The molecule has 1 N–H and O–H groups in total. The van der Waals surface area contributed by atoms with Gasteiger partial charge in [0.25, 0.3) is 5.91 Å². The predicted molar refractivity (Wildman–Crippen MR) is 102 cm³/mol. The van der Waals surface area contributed by atoms with E-state index in [-0.39, 0.29) is 5.91 Å². The maximum Gasteiger partial charge on any atom is 0.255 e. The summed E-state index contributed by atoms with van der Waals surface area (Å²) >= 11 is 7.39. The van der Waals surface area contributed by atoms with Crippen molar-refractivity contribution in [3.8, 4) is 10.6 Å². The Balaban J connectivity index is 1.53. The Bertz CT molecular complexity index is 1010. The third kappa shape index (κ3) is 3.38. The summed E-state index contributed by atoms with van der Waals surface area (Å²) in [6.07, 6.45) is 1.76. The summed E-state index contributed by atoms with van der Waals surface area (Å²) in [5.41, 5.74) is 3.17. The van der Waals surface area contributed by atoms with Gasteiger partial charge in [0.2, 0.25) is 0 Å². The molecule has 0 bridgehead atoms. The van der Waals surface area contributed by atoms with E-state index in [0.717, 1.165) is 26.6 Å². The lowest BCUT2D eigenvalue weighted by atomic mass is 10.2. The predicted octanol–water partition coefficient (Wildman–Crippen LogP) is 5.26. The fourth-order valence-corrected chi connectivity index (χ4v) is 3.43. The molecule has 1 amide bonds. The second kappa shape index (κ2) is 6.63. The quantitative estimate of drug-likeness (QED) is 0.538. The van der Waals surface area contributed by atoms with Crippen LogP contribution < -0.4 is 5.32 Å². The first kappa shape index (κ1) is 15.7. The zero-order chi connectivity index (χ0) is 17.2. The monoisotopic (exact) mass is 365 g/mol. The summed E-state index contributed by atoms with van der Waals surface area (Å²) in [5, 5.41) is 4.38. The zero-order valence-corrected chi connectivity index (χ0v) is 14.5. The number of anilines is 1. The average molecular weight is 366 g/mol. The maximum atomic E-state index is 12.2. The van der Waals surface area contributed by atoms with Crippen LogP contribution in [0.4, 0.5) is 5.69 Å². The molecule has 2 heterocycles. The van der Waals surface area contributed by atoms with Gasteiger partial charge in [-0.2, -0.15) is 0 Å². The van der Waals surface area contributed by atoms with Gasteiger partial charge in [0.1, 0.15) is 15.4 Å². The van der Waals surface area contributed by atoms with Crippen molar-refractivity contribution in [2.75, 3.05) is 5.32 Å².